The van der Waals surface area contributed by atoms with Gasteiger partial charge in [0.1, 0.15) is 6.61 Å². The van der Waals surface area contributed by atoms with E-state index in [1.807, 2.05) is 38.1 Å². The van der Waals surface area contributed by atoms with Crippen molar-refractivity contribution >= 4 is 11.7 Å². The van der Waals surface area contributed by atoms with Gasteiger partial charge >= 0.3 is 5.97 Å². The van der Waals surface area contributed by atoms with Crippen LogP contribution in [0.5, 0.6) is 0 Å². The Morgan fingerprint density at radius 3 is 2.68 bits per heavy atom. The minimum Gasteiger partial charge on any atom is -0.456 e. The number of rotatable bonds is 3. The van der Waals surface area contributed by atoms with Crippen LogP contribution in [-0.4, -0.2) is 11.0 Å². The molecule has 0 aliphatic heterocycles. The molecule has 0 amide bonds. The van der Waals surface area contributed by atoms with Gasteiger partial charge in [-0.25, -0.2) is 4.79 Å². The van der Waals surface area contributed by atoms with Crippen LogP contribution in [0.1, 0.15) is 27.3 Å². The van der Waals surface area contributed by atoms with Gasteiger partial charge in [0.15, 0.2) is 0 Å². The predicted octanol–water partition coefficient (Wildman–Crippen LogP) is 2.64. The van der Waals surface area contributed by atoms with Crippen molar-refractivity contribution in [1.82, 2.24) is 4.98 Å². The highest BCUT2D eigenvalue weighted by molar-refractivity contribution is 5.95. The quantitative estimate of drug-likeness (QED) is 0.677. The van der Waals surface area contributed by atoms with Crippen molar-refractivity contribution in [3.8, 4) is 0 Å². The Hall–Kier alpha value is -2.36. The number of nitrogens with zero attached hydrogens (tertiary/aromatic N) is 1. The standard InChI is InChI=1S/C15H16N2O2/c1-10-5-3-8-13(14(10)16)15(18)19-9-12-7-4-6-11(2)17-12/h3-8H,9,16H2,1-2H3. The molecule has 4 nitrogen and oxygen atoms in total. The molecule has 0 unspecified atom stereocenters. The van der Waals surface area contributed by atoms with Crippen molar-refractivity contribution in [2.45, 2.75) is 20.5 Å². The molecule has 4 heteroatoms. The molecule has 0 atom stereocenters. The van der Waals surface area contributed by atoms with Crippen LogP contribution in [0.3, 0.4) is 0 Å². The molecule has 2 N–H and O–H groups in total. The molecule has 0 spiro atoms. The fraction of sp³-hybridized carbons (Fsp3) is 0.200. The Labute approximate surface area is 112 Å². The van der Waals surface area contributed by atoms with Gasteiger partial charge in [-0.05, 0) is 37.6 Å². The van der Waals surface area contributed by atoms with Crippen LogP contribution in [0.15, 0.2) is 36.4 Å². The first-order valence-electron chi connectivity index (χ1n) is 6.02. The van der Waals surface area contributed by atoms with Crippen molar-refractivity contribution < 1.29 is 9.53 Å². The van der Waals surface area contributed by atoms with Crippen molar-refractivity contribution in [1.29, 1.82) is 0 Å². The number of nitrogens with two attached hydrogens (primary N) is 1. The lowest BCUT2D eigenvalue weighted by molar-refractivity contribution is 0.0468. The number of carbonyl (C=O) groups is 1. The number of hydrogen-bond acceptors (Lipinski definition) is 4. The lowest BCUT2D eigenvalue weighted by Crippen LogP contribution is -2.09. The van der Waals surface area contributed by atoms with E-state index in [0.717, 1.165) is 17.0 Å². The monoisotopic (exact) mass is 256 g/mol. The molecule has 98 valence electrons. The van der Waals surface area contributed by atoms with Gasteiger partial charge in [-0.1, -0.05) is 18.2 Å². The van der Waals surface area contributed by atoms with Gasteiger partial charge < -0.3 is 10.5 Å². The third-order valence-corrected chi connectivity index (χ3v) is 2.84. The number of pyridine rings is 1. The predicted molar refractivity (Wildman–Crippen MR) is 73.7 cm³/mol. The molecule has 1 aromatic carbocycles. The lowest BCUT2D eigenvalue weighted by atomic mass is 10.1. The number of benzene rings is 1. The van der Waals surface area contributed by atoms with Crippen LogP contribution in [0, 0.1) is 13.8 Å². The minimum atomic E-state index is -0.426. The number of aromatic nitrogens is 1. The molecule has 1 heterocycles. The van der Waals surface area contributed by atoms with E-state index < -0.39 is 5.97 Å². The average Bonchev–Trinajstić information content (AvgIpc) is 2.39. The molecule has 2 aromatic rings. The normalized spacial score (nSPS) is 10.2. The van der Waals surface area contributed by atoms with Crippen LogP contribution in [-0.2, 0) is 11.3 Å². The maximum Gasteiger partial charge on any atom is 0.340 e. The second-order valence-electron chi connectivity index (χ2n) is 4.38. The fourth-order valence-electron chi connectivity index (χ4n) is 1.76. The van der Waals surface area contributed by atoms with Crippen molar-refractivity contribution in [2.24, 2.45) is 0 Å². The van der Waals surface area contributed by atoms with Crippen molar-refractivity contribution in [3.63, 3.8) is 0 Å². The average molecular weight is 256 g/mol. The van der Waals surface area contributed by atoms with Gasteiger partial charge in [-0.2, -0.15) is 0 Å². The maximum absolute atomic E-state index is 11.9. The van der Waals surface area contributed by atoms with E-state index in [4.69, 9.17) is 10.5 Å². The first-order valence-corrected chi connectivity index (χ1v) is 6.02. The number of anilines is 1. The Morgan fingerprint density at radius 2 is 1.95 bits per heavy atom. The number of nitrogen functional groups attached to an aromatic ring is 1. The highest BCUT2D eigenvalue weighted by atomic mass is 16.5. The minimum absolute atomic E-state index is 0.147. The maximum atomic E-state index is 11.9. The SMILES string of the molecule is Cc1cccc(COC(=O)c2cccc(C)c2N)n1. The molecule has 0 aliphatic rings. The highest BCUT2D eigenvalue weighted by Gasteiger charge is 2.12. The number of hydrogen-bond donors (Lipinski definition) is 1. The molecule has 0 saturated carbocycles. The molecule has 19 heavy (non-hydrogen) atoms. The van der Waals surface area contributed by atoms with E-state index in [1.165, 1.54) is 0 Å². The zero-order chi connectivity index (χ0) is 13.8. The zero-order valence-corrected chi connectivity index (χ0v) is 11.0. The van der Waals surface area contributed by atoms with Gasteiger partial charge in [-0.3, -0.25) is 4.98 Å². The smallest absolute Gasteiger partial charge is 0.340 e. The van der Waals surface area contributed by atoms with E-state index in [-0.39, 0.29) is 6.61 Å². The van der Waals surface area contributed by atoms with Crippen LogP contribution >= 0.6 is 0 Å². The van der Waals surface area contributed by atoms with E-state index in [9.17, 15) is 4.79 Å². The Kier molecular flexibility index (Phi) is 3.80. The summed E-state index contributed by atoms with van der Waals surface area (Å²) in [5, 5.41) is 0. The summed E-state index contributed by atoms with van der Waals surface area (Å²) < 4.78 is 5.22. The highest BCUT2D eigenvalue weighted by Crippen LogP contribution is 2.17. The molecular formula is C15H16N2O2. The summed E-state index contributed by atoms with van der Waals surface area (Å²) in [5.41, 5.74) is 9.20. The van der Waals surface area contributed by atoms with Crippen molar-refractivity contribution in [2.75, 3.05) is 5.73 Å². The molecule has 2 rings (SSSR count). The summed E-state index contributed by atoms with van der Waals surface area (Å²) in [6, 6.07) is 10.9. The first-order chi connectivity index (χ1) is 9.08. The molecular weight excluding hydrogens is 240 g/mol. The Balaban J connectivity index is 2.08. The molecule has 0 bridgehead atoms. The van der Waals surface area contributed by atoms with Gasteiger partial charge in [0.25, 0.3) is 0 Å². The van der Waals surface area contributed by atoms with Crippen LogP contribution < -0.4 is 5.73 Å². The molecule has 0 saturated heterocycles. The third-order valence-electron chi connectivity index (χ3n) is 2.84. The summed E-state index contributed by atoms with van der Waals surface area (Å²) >= 11 is 0. The molecule has 0 radical (unpaired) electrons. The van der Waals surface area contributed by atoms with Crippen LogP contribution in [0.25, 0.3) is 0 Å². The van der Waals surface area contributed by atoms with Gasteiger partial charge in [0.05, 0.1) is 11.3 Å². The number of aryl methyl sites for hydroxylation is 2. The number of ether oxygens (including phenoxy) is 1. The first kappa shape index (κ1) is 13.1. The largest absolute Gasteiger partial charge is 0.456 e. The Morgan fingerprint density at radius 1 is 1.21 bits per heavy atom. The zero-order valence-electron chi connectivity index (χ0n) is 11.0. The Bertz CT molecular complexity index is 609. The van der Waals surface area contributed by atoms with Gasteiger partial charge in [0.2, 0.25) is 0 Å². The summed E-state index contributed by atoms with van der Waals surface area (Å²) in [6.45, 7) is 3.89. The topological polar surface area (TPSA) is 65.2 Å². The van der Waals surface area contributed by atoms with Gasteiger partial charge in [0, 0.05) is 11.4 Å². The summed E-state index contributed by atoms with van der Waals surface area (Å²) in [4.78, 5) is 16.2. The van der Waals surface area contributed by atoms with E-state index in [1.54, 1.807) is 12.1 Å². The third kappa shape index (κ3) is 3.10. The molecule has 1 aromatic heterocycles. The van der Waals surface area contributed by atoms with E-state index in [2.05, 4.69) is 4.98 Å². The van der Waals surface area contributed by atoms with Crippen molar-refractivity contribution in [3.05, 3.63) is 58.9 Å². The lowest BCUT2D eigenvalue weighted by Gasteiger charge is -2.08. The fourth-order valence-corrected chi connectivity index (χ4v) is 1.76. The van der Waals surface area contributed by atoms with Crippen LogP contribution in [0.2, 0.25) is 0 Å². The number of para-hydroxylation sites is 1. The molecule has 0 aliphatic carbocycles. The second kappa shape index (κ2) is 5.52. The van der Waals surface area contributed by atoms with E-state index in [0.29, 0.717) is 11.3 Å². The van der Waals surface area contributed by atoms with E-state index >= 15 is 0 Å². The van der Waals surface area contributed by atoms with Gasteiger partial charge in [-0.15, -0.1) is 0 Å². The summed E-state index contributed by atoms with van der Waals surface area (Å²) in [7, 11) is 0. The second-order valence-corrected chi connectivity index (χ2v) is 4.38. The van der Waals surface area contributed by atoms with Crippen LogP contribution in [0.4, 0.5) is 5.69 Å². The number of carbonyl (C=O) groups excluding carboxylic acids is 1. The summed E-state index contributed by atoms with van der Waals surface area (Å²) in [5.74, 6) is -0.426. The number of esters is 1. The summed E-state index contributed by atoms with van der Waals surface area (Å²) in [6.07, 6.45) is 0. The molecule has 0 fully saturated rings.